The van der Waals surface area contributed by atoms with Gasteiger partial charge in [0.15, 0.2) is 11.5 Å². The van der Waals surface area contributed by atoms with Crippen LogP contribution in [-0.4, -0.2) is 24.6 Å². The van der Waals surface area contributed by atoms with Crippen LogP contribution in [0.1, 0.15) is 53.4 Å². The van der Waals surface area contributed by atoms with Crippen LogP contribution in [-0.2, 0) is 14.3 Å². The van der Waals surface area contributed by atoms with Gasteiger partial charge in [-0.15, -0.1) is 0 Å². The van der Waals surface area contributed by atoms with Gasteiger partial charge in [0, 0.05) is 0 Å². The van der Waals surface area contributed by atoms with E-state index in [0.29, 0.717) is 24.0 Å². The van der Waals surface area contributed by atoms with Crippen molar-refractivity contribution in [3.05, 3.63) is 24.3 Å². The smallest absolute Gasteiger partial charge is 0.311 e. The molecule has 0 aliphatic heterocycles. The second-order valence-corrected chi connectivity index (χ2v) is 6.34. The average Bonchev–Trinajstić information content (AvgIpc) is 2.51. The molecule has 5 nitrogen and oxygen atoms in total. The lowest BCUT2D eigenvalue weighted by Crippen LogP contribution is -2.14. The first-order valence-electron chi connectivity index (χ1n) is 8.50. The molecule has 134 valence electrons. The van der Waals surface area contributed by atoms with Gasteiger partial charge < -0.3 is 14.2 Å². The Kier molecular flexibility index (Phi) is 8.90. The van der Waals surface area contributed by atoms with Crippen LogP contribution in [0, 0.1) is 5.92 Å². The van der Waals surface area contributed by atoms with Crippen molar-refractivity contribution in [3.63, 3.8) is 0 Å². The van der Waals surface area contributed by atoms with E-state index in [4.69, 9.17) is 14.2 Å². The molecule has 0 atom stereocenters. The predicted octanol–water partition coefficient (Wildman–Crippen LogP) is 4.14. The number of hydrogen-bond donors (Lipinski definition) is 0. The lowest BCUT2D eigenvalue weighted by atomic mass is 10.1. The maximum Gasteiger partial charge on any atom is 0.311 e. The molecule has 0 unspecified atom stereocenters. The van der Waals surface area contributed by atoms with Crippen LogP contribution >= 0.6 is 0 Å². The number of rotatable bonds is 10. The number of carbonyl (C=O) groups excluding carboxylic acids is 2. The Morgan fingerprint density at radius 3 is 2.21 bits per heavy atom. The van der Waals surface area contributed by atoms with Crippen LogP contribution in [0.3, 0.4) is 0 Å². The molecule has 1 aromatic carbocycles. The lowest BCUT2D eigenvalue weighted by molar-refractivity contribution is -0.147. The Morgan fingerprint density at radius 2 is 1.58 bits per heavy atom. The minimum absolute atomic E-state index is 0.0149. The number of ether oxygens (including phenoxy) is 3. The van der Waals surface area contributed by atoms with E-state index in [1.165, 1.54) is 0 Å². The van der Waals surface area contributed by atoms with Gasteiger partial charge in [0.05, 0.1) is 25.6 Å². The SMILES string of the molecule is CC(C)CCCOC(=O)CCC(=O)Oc1ccccc1OC(C)C. The van der Waals surface area contributed by atoms with Gasteiger partial charge in [0.25, 0.3) is 0 Å². The molecular weight excluding hydrogens is 308 g/mol. The number of carbonyl (C=O) groups is 2. The van der Waals surface area contributed by atoms with E-state index in [9.17, 15) is 9.59 Å². The van der Waals surface area contributed by atoms with Crippen LogP contribution in [0.2, 0.25) is 0 Å². The second kappa shape index (κ2) is 10.7. The summed E-state index contributed by atoms with van der Waals surface area (Å²) in [7, 11) is 0. The highest BCUT2D eigenvalue weighted by Crippen LogP contribution is 2.27. The number of esters is 2. The third-order valence-electron chi connectivity index (χ3n) is 3.16. The summed E-state index contributed by atoms with van der Waals surface area (Å²) < 4.78 is 16.0. The Morgan fingerprint density at radius 1 is 0.958 bits per heavy atom. The molecule has 0 radical (unpaired) electrons. The van der Waals surface area contributed by atoms with Crippen LogP contribution in [0.4, 0.5) is 0 Å². The molecule has 24 heavy (non-hydrogen) atoms. The molecule has 1 rings (SSSR count). The molecule has 0 fully saturated rings. The fourth-order valence-electron chi connectivity index (χ4n) is 2.01. The van der Waals surface area contributed by atoms with E-state index in [1.807, 2.05) is 19.9 Å². The molecule has 0 aromatic heterocycles. The van der Waals surface area contributed by atoms with E-state index in [0.717, 1.165) is 12.8 Å². The molecule has 0 amide bonds. The first-order chi connectivity index (χ1) is 11.4. The first kappa shape index (κ1) is 20.0. The van der Waals surface area contributed by atoms with Crippen molar-refractivity contribution in [2.45, 2.75) is 59.5 Å². The van der Waals surface area contributed by atoms with E-state index in [2.05, 4.69) is 13.8 Å². The van der Waals surface area contributed by atoms with Crippen molar-refractivity contribution in [2.75, 3.05) is 6.61 Å². The van der Waals surface area contributed by atoms with Crippen LogP contribution < -0.4 is 9.47 Å². The maximum atomic E-state index is 11.9. The van der Waals surface area contributed by atoms with Gasteiger partial charge in [-0.05, 0) is 44.7 Å². The summed E-state index contributed by atoms with van der Waals surface area (Å²) in [5.74, 6) is 0.613. The van der Waals surface area contributed by atoms with Crippen LogP contribution in [0.25, 0.3) is 0 Å². The molecule has 0 heterocycles. The van der Waals surface area contributed by atoms with Gasteiger partial charge in [-0.2, -0.15) is 0 Å². The summed E-state index contributed by atoms with van der Waals surface area (Å²) in [6, 6.07) is 6.98. The van der Waals surface area contributed by atoms with Crippen molar-refractivity contribution in [1.82, 2.24) is 0 Å². The number of hydrogen-bond acceptors (Lipinski definition) is 5. The molecule has 1 aromatic rings. The highest BCUT2D eigenvalue weighted by Gasteiger charge is 2.13. The van der Waals surface area contributed by atoms with Gasteiger partial charge in [0.1, 0.15) is 0 Å². The quantitative estimate of drug-likeness (QED) is 0.365. The minimum Gasteiger partial charge on any atom is -0.487 e. The monoisotopic (exact) mass is 336 g/mol. The van der Waals surface area contributed by atoms with Gasteiger partial charge in [-0.1, -0.05) is 26.0 Å². The van der Waals surface area contributed by atoms with E-state index in [-0.39, 0.29) is 24.9 Å². The Hall–Kier alpha value is -2.04. The molecule has 5 heteroatoms. The fraction of sp³-hybridized carbons (Fsp3) is 0.579. The minimum atomic E-state index is -0.478. The molecular formula is C19H28O5. The molecule has 0 aliphatic carbocycles. The largest absolute Gasteiger partial charge is 0.487 e. The average molecular weight is 336 g/mol. The first-order valence-corrected chi connectivity index (χ1v) is 8.50. The zero-order chi connectivity index (χ0) is 17.9. The molecule has 0 saturated heterocycles. The topological polar surface area (TPSA) is 61.8 Å². The van der Waals surface area contributed by atoms with Gasteiger partial charge in [-0.25, -0.2) is 0 Å². The summed E-state index contributed by atoms with van der Waals surface area (Å²) >= 11 is 0. The molecule has 0 N–H and O–H groups in total. The summed E-state index contributed by atoms with van der Waals surface area (Å²) in [5.41, 5.74) is 0. The van der Waals surface area contributed by atoms with E-state index in [1.54, 1.807) is 18.2 Å². The molecule has 0 bridgehead atoms. The van der Waals surface area contributed by atoms with Crippen molar-refractivity contribution < 1.29 is 23.8 Å². The Balaban J connectivity index is 2.35. The molecule has 0 spiro atoms. The fourth-order valence-corrected chi connectivity index (χ4v) is 2.01. The summed E-state index contributed by atoms with van der Waals surface area (Å²) in [6.45, 7) is 8.44. The normalized spacial score (nSPS) is 10.8. The Labute approximate surface area is 144 Å². The zero-order valence-corrected chi connectivity index (χ0v) is 15.0. The van der Waals surface area contributed by atoms with Crippen molar-refractivity contribution in [1.29, 1.82) is 0 Å². The van der Waals surface area contributed by atoms with Crippen molar-refractivity contribution in [2.24, 2.45) is 5.92 Å². The van der Waals surface area contributed by atoms with E-state index < -0.39 is 5.97 Å². The maximum absolute atomic E-state index is 11.9. The third-order valence-corrected chi connectivity index (χ3v) is 3.16. The van der Waals surface area contributed by atoms with Gasteiger partial charge >= 0.3 is 11.9 Å². The Bertz CT molecular complexity index is 522. The van der Waals surface area contributed by atoms with Gasteiger partial charge in [0.2, 0.25) is 0 Å². The van der Waals surface area contributed by atoms with Crippen LogP contribution in [0.15, 0.2) is 24.3 Å². The molecule has 0 saturated carbocycles. The number of benzene rings is 1. The number of para-hydroxylation sites is 2. The van der Waals surface area contributed by atoms with Gasteiger partial charge in [-0.3, -0.25) is 9.59 Å². The summed E-state index contributed by atoms with van der Waals surface area (Å²) in [4.78, 5) is 23.5. The highest BCUT2D eigenvalue weighted by molar-refractivity contribution is 5.79. The lowest BCUT2D eigenvalue weighted by Gasteiger charge is -2.13. The summed E-state index contributed by atoms with van der Waals surface area (Å²) in [6.07, 6.45) is 1.84. The summed E-state index contributed by atoms with van der Waals surface area (Å²) in [5, 5.41) is 0. The predicted molar refractivity (Wildman–Crippen MR) is 92.1 cm³/mol. The van der Waals surface area contributed by atoms with Crippen molar-refractivity contribution in [3.8, 4) is 11.5 Å². The second-order valence-electron chi connectivity index (χ2n) is 6.34. The zero-order valence-electron chi connectivity index (χ0n) is 15.0. The third kappa shape index (κ3) is 8.56. The molecule has 0 aliphatic rings. The standard InChI is InChI=1S/C19H28O5/c1-14(2)8-7-13-22-18(20)11-12-19(21)24-17-10-6-5-9-16(17)23-15(3)4/h5-6,9-10,14-15H,7-8,11-13H2,1-4H3. The van der Waals surface area contributed by atoms with E-state index >= 15 is 0 Å². The van der Waals surface area contributed by atoms with Crippen molar-refractivity contribution >= 4 is 11.9 Å². The highest BCUT2D eigenvalue weighted by atomic mass is 16.6. The van der Waals surface area contributed by atoms with Crippen LogP contribution in [0.5, 0.6) is 11.5 Å².